The van der Waals surface area contributed by atoms with Gasteiger partial charge in [0.2, 0.25) is 0 Å². The number of carbonyl (C=O) groups excluding carboxylic acids is 1. The Balaban J connectivity index is 1.91. The molecule has 0 spiro atoms. The minimum atomic E-state index is -0.151. The van der Waals surface area contributed by atoms with Crippen molar-refractivity contribution in [3.05, 3.63) is 95.1 Å². The molecule has 1 N–H and O–H groups in total. The molecule has 0 aromatic heterocycles. The van der Waals surface area contributed by atoms with Gasteiger partial charge < -0.3 is 5.32 Å². The van der Waals surface area contributed by atoms with Gasteiger partial charge in [-0.15, -0.1) is 0 Å². The van der Waals surface area contributed by atoms with Crippen molar-refractivity contribution < 1.29 is 4.79 Å². The van der Waals surface area contributed by atoms with E-state index in [9.17, 15) is 10.1 Å². The highest BCUT2D eigenvalue weighted by molar-refractivity contribution is 6.01. The molecule has 26 heavy (non-hydrogen) atoms. The second-order valence-electron chi connectivity index (χ2n) is 6.31. The summed E-state index contributed by atoms with van der Waals surface area (Å²) < 4.78 is 0. The molecule has 3 heteroatoms. The van der Waals surface area contributed by atoms with Crippen LogP contribution in [-0.4, -0.2) is 5.91 Å². The van der Waals surface area contributed by atoms with E-state index in [1.54, 1.807) is 12.1 Å². The van der Waals surface area contributed by atoms with Crippen molar-refractivity contribution in [3.8, 4) is 17.2 Å². The molecule has 0 saturated carbocycles. The number of nitrogens with zero attached hydrogens (tertiary/aromatic N) is 1. The zero-order valence-corrected chi connectivity index (χ0v) is 14.9. The van der Waals surface area contributed by atoms with Crippen LogP contribution in [0, 0.1) is 18.3 Å². The molecule has 1 amide bonds. The molecule has 0 radical (unpaired) electrons. The minimum Gasteiger partial charge on any atom is -0.345 e. The van der Waals surface area contributed by atoms with Crippen molar-refractivity contribution in [1.82, 2.24) is 5.32 Å². The number of nitriles is 1. The summed E-state index contributed by atoms with van der Waals surface area (Å²) in [5.74, 6) is -0.151. The molecule has 3 aromatic rings. The smallest absolute Gasteiger partial charge is 0.252 e. The maximum atomic E-state index is 12.9. The van der Waals surface area contributed by atoms with E-state index in [0.29, 0.717) is 11.1 Å². The average Bonchev–Trinajstić information content (AvgIpc) is 2.68. The topological polar surface area (TPSA) is 52.9 Å². The first-order chi connectivity index (χ1) is 12.6. The van der Waals surface area contributed by atoms with E-state index in [1.165, 1.54) is 5.56 Å². The molecule has 0 bridgehead atoms. The standard InChI is InChI=1S/C23H20N2O/c1-16-11-13-18(14-12-16)17(2)25-23(26)22-10-6-5-9-21(22)20-8-4-3-7-19(20)15-24/h3-14,17H,1-2H3,(H,25,26). The third-order valence-corrected chi connectivity index (χ3v) is 4.43. The highest BCUT2D eigenvalue weighted by Gasteiger charge is 2.17. The van der Waals surface area contributed by atoms with Crippen LogP contribution in [-0.2, 0) is 0 Å². The number of rotatable bonds is 4. The summed E-state index contributed by atoms with van der Waals surface area (Å²) in [6.07, 6.45) is 0. The van der Waals surface area contributed by atoms with Gasteiger partial charge in [-0.1, -0.05) is 66.2 Å². The average molecular weight is 340 g/mol. The molecule has 128 valence electrons. The monoisotopic (exact) mass is 340 g/mol. The Bertz CT molecular complexity index is 968. The van der Waals surface area contributed by atoms with E-state index in [-0.39, 0.29) is 11.9 Å². The van der Waals surface area contributed by atoms with Gasteiger partial charge in [0.05, 0.1) is 17.7 Å². The van der Waals surface area contributed by atoms with Crippen molar-refractivity contribution in [3.63, 3.8) is 0 Å². The molecule has 0 fully saturated rings. The van der Waals surface area contributed by atoms with Crippen LogP contribution in [0.15, 0.2) is 72.8 Å². The van der Waals surface area contributed by atoms with Crippen molar-refractivity contribution in [2.45, 2.75) is 19.9 Å². The Kier molecular flexibility index (Phi) is 5.15. The lowest BCUT2D eigenvalue weighted by atomic mass is 9.95. The van der Waals surface area contributed by atoms with Crippen LogP contribution in [0.3, 0.4) is 0 Å². The van der Waals surface area contributed by atoms with Crippen LogP contribution in [0.1, 0.15) is 40.0 Å². The highest BCUT2D eigenvalue weighted by atomic mass is 16.1. The SMILES string of the molecule is Cc1ccc(C(C)NC(=O)c2ccccc2-c2ccccc2C#N)cc1. The number of nitrogens with one attached hydrogen (secondary N) is 1. The molecule has 1 unspecified atom stereocenters. The molecule has 3 rings (SSSR count). The molecule has 3 nitrogen and oxygen atoms in total. The number of amides is 1. The second kappa shape index (κ2) is 7.67. The van der Waals surface area contributed by atoms with E-state index in [4.69, 9.17) is 0 Å². The van der Waals surface area contributed by atoms with Gasteiger partial charge in [0.25, 0.3) is 5.91 Å². The summed E-state index contributed by atoms with van der Waals surface area (Å²) in [6.45, 7) is 4.00. The molecule has 0 aliphatic heterocycles. The zero-order valence-electron chi connectivity index (χ0n) is 14.9. The van der Waals surface area contributed by atoms with Crippen LogP contribution < -0.4 is 5.32 Å². The fraction of sp³-hybridized carbons (Fsp3) is 0.130. The van der Waals surface area contributed by atoms with Gasteiger partial charge in [0.1, 0.15) is 0 Å². The number of benzene rings is 3. The molecule has 0 heterocycles. The Morgan fingerprint density at radius 3 is 2.23 bits per heavy atom. The molecule has 0 saturated heterocycles. The van der Waals surface area contributed by atoms with Crippen molar-refractivity contribution in [2.24, 2.45) is 0 Å². The number of hydrogen-bond acceptors (Lipinski definition) is 2. The first-order valence-corrected chi connectivity index (χ1v) is 8.56. The van der Waals surface area contributed by atoms with E-state index in [2.05, 4.69) is 11.4 Å². The van der Waals surface area contributed by atoms with Crippen LogP contribution in [0.25, 0.3) is 11.1 Å². The summed E-state index contributed by atoms with van der Waals surface area (Å²) in [7, 11) is 0. The Morgan fingerprint density at radius 2 is 1.54 bits per heavy atom. The molecular weight excluding hydrogens is 320 g/mol. The summed E-state index contributed by atoms with van der Waals surface area (Å²) >= 11 is 0. The molecule has 3 aromatic carbocycles. The Hall–Kier alpha value is -3.38. The lowest BCUT2D eigenvalue weighted by Gasteiger charge is -2.17. The lowest BCUT2D eigenvalue weighted by Crippen LogP contribution is -2.27. The first-order valence-electron chi connectivity index (χ1n) is 8.56. The number of aryl methyl sites for hydroxylation is 1. The molecule has 0 aliphatic rings. The molecular formula is C23H20N2O. The van der Waals surface area contributed by atoms with Crippen LogP contribution in [0.2, 0.25) is 0 Å². The molecule has 0 aliphatic carbocycles. The second-order valence-corrected chi connectivity index (χ2v) is 6.31. The van der Waals surface area contributed by atoms with Gasteiger partial charge in [0, 0.05) is 11.1 Å². The predicted molar refractivity (Wildman–Crippen MR) is 104 cm³/mol. The zero-order chi connectivity index (χ0) is 18.5. The van der Waals surface area contributed by atoms with Gasteiger partial charge in [0.15, 0.2) is 0 Å². The normalized spacial score (nSPS) is 11.4. The van der Waals surface area contributed by atoms with Crippen LogP contribution in [0.5, 0.6) is 0 Å². The van der Waals surface area contributed by atoms with Crippen molar-refractivity contribution >= 4 is 5.91 Å². The maximum Gasteiger partial charge on any atom is 0.252 e. The van der Waals surface area contributed by atoms with E-state index >= 15 is 0 Å². The fourth-order valence-electron chi connectivity index (χ4n) is 2.94. The van der Waals surface area contributed by atoms with Crippen molar-refractivity contribution in [1.29, 1.82) is 5.26 Å². The third kappa shape index (κ3) is 3.65. The third-order valence-electron chi connectivity index (χ3n) is 4.43. The van der Waals surface area contributed by atoms with Gasteiger partial charge in [-0.05, 0) is 37.1 Å². The number of carbonyl (C=O) groups is 1. The van der Waals surface area contributed by atoms with Gasteiger partial charge >= 0.3 is 0 Å². The highest BCUT2D eigenvalue weighted by Crippen LogP contribution is 2.27. The molecule has 1 atom stereocenters. The van der Waals surface area contributed by atoms with Gasteiger partial charge in [-0.25, -0.2) is 0 Å². The van der Waals surface area contributed by atoms with Gasteiger partial charge in [-0.3, -0.25) is 4.79 Å². The summed E-state index contributed by atoms with van der Waals surface area (Å²) in [5, 5.41) is 12.4. The first kappa shape index (κ1) is 17.4. The van der Waals surface area contributed by atoms with E-state index in [1.807, 2.05) is 74.5 Å². The fourth-order valence-corrected chi connectivity index (χ4v) is 2.94. The van der Waals surface area contributed by atoms with E-state index in [0.717, 1.165) is 16.7 Å². The maximum absolute atomic E-state index is 12.9. The summed E-state index contributed by atoms with van der Waals surface area (Å²) in [4.78, 5) is 12.9. The summed E-state index contributed by atoms with van der Waals surface area (Å²) in [5.41, 5.74) is 4.89. The Labute approximate surface area is 153 Å². The Morgan fingerprint density at radius 1 is 0.923 bits per heavy atom. The largest absolute Gasteiger partial charge is 0.345 e. The minimum absolute atomic E-state index is 0.109. The summed E-state index contributed by atoms with van der Waals surface area (Å²) in [6, 6.07) is 24.9. The number of hydrogen-bond donors (Lipinski definition) is 1. The quantitative estimate of drug-likeness (QED) is 0.724. The predicted octanol–water partition coefficient (Wildman–Crippen LogP) is 5.02. The lowest BCUT2D eigenvalue weighted by molar-refractivity contribution is 0.0940. The van der Waals surface area contributed by atoms with Crippen LogP contribution in [0.4, 0.5) is 0 Å². The van der Waals surface area contributed by atoms with Crippen molar-refractivity contribution in [2.75, 3.05) is 0 Å². The van der Waals surface area contributed by atoms with Gasteiger partial charge in [-0.2, -0.15) is 5.26 Å². The van der Waals surface area contributed by atoms with Crippen LogP contribution >= 0.6 is 0 Å². The van der Waals surface area contributed by atoms with E-state index < -0.39 is 0 Å².